The highest BCUT2D eigenvalue weighted by Gasteiger charge is 2.36. The highest BCUT2D eigenvalue weighted by Crippen LogP contribution is 2.42. The van der Waals surface area contributed by atoms with Crippen LogP contribution in [0.15, 0.2) is 29.2 Å². The normalized spacial score (nSPS) is 13.0. The molecular formula is C24H26F3N3O5. The Morgan fingerprint density at radius 1 is 1.20 bits per heavy atom. The molecule has 0 atom stereocenters. The lowest BCUT2D eigenvalue weighted by molar-refractivity contribution is -0.275. The molecule has 188 valence electrons. The van der Waals surface area contributed by atoms with Gasteiger partial charge in [-0.3, -0.25) is 9.47 Å². The fraction of sp³-hybridized carbons (Fsp3) is 0.458. The van der Waals surface area contributed by atoms with E-state index in [9.17, 15) is 27.9 Å². The van der Waals surface area contributed by atoms with Crippen LogP contribution >= 0.6 is 0 Å². The summed E-state index contributed by atoms with van der Waals surface area (Å²) < 4.78 is 50.8. The first kappa shape index (κ1) is 25.9. The monoisotopic (exact) mass is 493 g/mol. The number of hydrogen-bond donors (Lipinski definition) is 1. The Hall–Kier alpha value is -3.68. The second kappa shape index (κ2) is 9.90. The minimum Gasteiger partial charge on any atom is -0.490 e. The number of alkyl halides is 3. The van der Waals surface area contributed by atoms with E-state index in [4.69, 9.17) is 10.00 Å². The number of unbranched alkanes of at least 4 members (excludes halogenated alkanes) is 2. The Balaban J connectivity index is 2.17. The summed E-state index contributed by atoms with van der Waals surface area (Å²) in [7, 11) is 0. The molecule has 1 aliphatic heterocycles. The lowest BCUT2D eigenvalue weighted by Crippen LogP contribution is -2.52. The molecule has 2 heterocycles. The van der Waals surface area contributed by atoms with Crippen molar-refractivity contribution in [1.29, 1.82) is 5.26 Å². The standard InChI is InChI=1S/C24H26F3N3O5/c1-4-23(2,3)30-13-15-10-20(34-9-7-5-6-8-28)21(35-24(25,26)27)11-16(15)18-12-19(31)17(22(32)33)14-29(18)30/h10-12,14H,4-7,9,13H2,1-3H3,(H,32,33). The number of nitriles is 1. The van der Waals surface area contributed by atoms with Crippen molar-refractivity contribution in [1.82, 2.24) is 4.68 Å². The van der Waals surface area contributed by atoms with E-state index in [-0.39, 0.29) is 24.6 Å². The van der Waals surface area contributed by atoms with Crippen molar-refractivity contribution >= 4 is 5.97 Å². The van der Waals surface area contributed by atoms with E-state index in [1.165, 1.54) is 16.9 Å². The number of aromatic carboxylic acids is 1. The zero-order valence-corrected chi connectivity index (χ0v) is 19.6. The summed E-state index contributed by atoms with van der Waals surface area (Å²) in [4.78, 5) is 24.1. The van der Waals surface area contributed by atoms with Gasteiger partial charge in [-0.2, -0.15) is 5.26 Å². The van der Waals surface area contributed by atoms with E-state index in [1.54, 1.807) is 0 Å². The smallest absolute Gasteiger partial charge is 0.490 e. The van der Waals surface area contributed by atoms with Gasteiger partial charge in [-0.1, -0.05) is 6.92 Å². The number of aromatic nitrogens is 1. The Labute approximate surface area is 200 Å². The maximum atomic E-state index is 13.2. The molecule has 8 nitrogen and oxygen atoms in total. The van der Waals surface area contributed by atoms with Crippen LogP contribution in [0.5, 0.6) is 11.5 Å². The topological polar surface area (TPSA) is 105 Å². The second-order valence-electron chi connectivity index (χ2n) is 8.78. The first-order valence-electron chi connectivity index (χ1n) is 11.1. The average molecular weight is 493 g/mol. The SMILES string of the molecule is CCC(C)(C)N1Cc2cc(OCCCCC#N)c(OC(F)(F)F)cc2-c2cc(=O)c(C(=O)O)cn21. The lowest BCUT2D eigenvalue weighted by atomic mass is 9.95. The maximum absolute atomic E-state index is 13.2. The largest absolute Gasteiger partial charge is 0.573 e. The molecule has 0 unspecified atom stereocenters. The van der Waals surface area contributed by atoms with Crippen LogP contribution in [0.2, 0.25) is 0 Å². The Morgan fingerprint density at radius 2 is 1.91 bits per heavy atom. The predicted molar refractivity (Wildman–Crippen MR) is 121 cm³/mol. The van der Waals surface area contributed by atoms with Gasteiger partial charge in [0.05, 0.1) is 30.5 Å². The van der Waals surface area contributed by atoms with Crippen molar-refractivity contribution < 1.29 is 32.5 Å². The van der Waals surface area contributed by atoms with Crippen LogP contribution in [0.4, 0.5) is 13.2 Å². The molecular weight excluding hydrogens is 467 g/mol. The molecule has 0 aliphatic carbocycles. The van der Waals surface area contributed by atoms with Gasteiger partial charge in [0.15, 0.2) is 16.9 Å². The molecule has 1 aliphatic rings. The summed E-state index contributed by atoms with van der Waals surface area (Å²) in [5.74, 6) is -2.07. The average Bonchev–Trinajstić information content (AvgIpc) is 2.77. The van der Waals surface area contributed by atoms with Crippen LogP contribution in [0.1, 0.15) is 62.4 Å². The summed E-state index contributed by atoms with van der Waals surface area (Å²) in [6.07, 6.45) is -1.80. The highest BCUT2D eigenvalue weighted by atomic mass is 19.4. The van der Waals surface area contributed by atoms with E-state index in [1.807, 2.05) is 31.8 Å². The number of carbonyl (C=O) groups is 1. The quantitative estimate of drug-likeness (QED) is 0.499. The molecule has 0 fully saturated rings. The van der Waals surface area contributed by atoms with E-state index < -0.39 is 34.6 Å². The molecule has 1 aromatic heterocycles. The Morgan fingerprint density at radius 3 is 2.51 bits per heavy atom. The Kier molecular flexibility index (Phi) is 7.33. The molecule has 0 amide bonds. The third kappa shape index (κ3) is 5.70. The van der Waals surface area contributed by atoms with Crippen LogP contribution in [0.3, 0.4) is 0 Å². The number of carboxylic acids is 1. The second-order valence-corrected chi connectivity index (χ2v) is 8.78. The number of pyridine rings is 1. The molecule has 2 aromatic rings. The van der Waals surface area contributed by atoms with Crippen molar-refractivity contribution in [2.24, 2.45) is 0 Å². The van der Waals surface area contributed by atoms with Crippen molar-refractivity contribution in [2.75, 3.05) is 11.6 Å². The predicted octanol–water partition coefficient (Wildman–Crippen LogP) is 4.82. The third-order valence-electron chi connectivity index (χ3n) is 6.02. The Bertz CT molecular complexity index is 1210. The van der Waals surface area contributed by atoms with Crippen molar-refractivity contribution in [3.8, 4) is 28.8 Å². The fourth-order valence-electron chi connectivity index (χ4n) is 3.79. The summed E-state index contributed by atoms with van der Waals surface area (Å²) >= 11 is 0. The van der Waals surface area contributed by atoms with Crippen molar-refractivity contribution in [2.45, 2.75) is 64.9 Å². The zero-order valence-electron chi connectivity index (χ0n) is 19.6. The highest BCUT2D eigenvalue weighted by molar-refractivity contribution is 5.88. The number of hydrogen-bond acceptors (Lipinski definition) is 6. The van der Waals surface area contributed by atoms with Gasteiger partial charge in [-0.15, -0.1) is 13.2 Å². The minimum atomic E-state index is -4.98. The number of benzene rings is 1. The zero-order chi connectivity index (χ0) is 26.0. The van der Waals surface area contributed by atoms with E-state index in [2.05, 4.69) is 4.74 Å². The molecule has 0 saturated heterocycles. The van der Waals surface area contributed by atoms with Crippen LogP contribution in [0, 0.1) is 11.3 Å². The van der Waals surface area contributed by atoms with Gasteiger partial charge < -0.3 is 19.6 Å². The maximum Gasteiger partial charge on any atom is 0.573 e. The van der Waals surface area contributed by atoms with Gasteiger partial charge in [0, 0.05) is 24.2 Å². The van der Waals surface area contributed by atoms with Crippen LogP contribution in [0.25, 0.3) is 11.3 Å². The summed E-state index contributed by atoms with van der Waals surface area (Å²) in [6.45, 7) is 6.15. The van der Waals surface area contributed by atoms with Gasteiger partial charge in [0.2, 0.25) is 0 Å². The molecule has 0 bridgehead atoms. The van der Waals surface area contributed by atoms with Crippen molar-refractivity contribution in [3.63, 3.8) is 0 Å². The fourth-order valence-corrected chi connectivity index (χ4v) is 3.79. The summed E-state index contributed by atoms with van der Waals surface area (Å²) in [5, 5.41) is 19.9. The minimum absolute atomic E-state index is 0.0941. The molecule has 35 heavy (non-hydrogen) atoms. The van der Waals surface area contributed by atoms with Gasteiger partial charge in [0.1, 0.15) is 5.56 Å². The van der Waals surface area contributed by atoms with Gasteiger partial charge in [-0.25, -0.2) is 4.79 Å². The van der Waals surface area contributed by atoms with Crippen molar-refractivity contribution in [3.05, 3.63) is 45.7 Å². The molecule has 0 spiro atoms. The lowest BCUT2D eigenvalue weighted by Gasteiger charge is -2.45. The molecule has 3 rings (SSSR count). The molecule has 1 aromatic carbocycles. The number of nitrogens with zero attached hydrogens (tertiary/aromatic N) is 3. The van der Waals surface area contributed by atoms with E-state index >= 15 is 0 Å². The van der Waals surface area contributed by atoms with Gasteiger partial charge >= 0.3 is 12.3 Å². The molecule has 1 N–H and O–H groups in total. The number of carboxylic acid groups (broad SMARTS) is 1. The van der Waals surface area contributed by atoms with Gasteiger partial charge in [-0.05, 0) is 50.8 Å². The van der Waals surface area contributed by atoms with Crippen LogP contribution < -0.4 is 19.9 Å². The third-order valence-corrected chi connectivity index (χ3v) is 6.02. The van der Waals surface area contributed by atoms with E-state index in [0.29, 0.717) is 36.8 Å². The number of halogens is 3. The molecule has 11 heteroatoms. The van der Waals surface area contributed by atoms with Crippen LogP contribution in [-0.4, -0.2) is 34.3 Å². The summed E-state index contributed by atoms with van der Waals surface area (Å²) in [6, 6.07) is 5.73. The first-order valence-corrected chi connectivity index (χ1v) is 11.1. The number of rotatable bonds is 9. The molecule has 0 radical (unpaired) electrons. The summed E-state index contributed by atoms with van der Waals surface area (Å²) in [5.41, 5.74) is -0.555. The van der Waals surface area contributed by atoms with E-state index in [0.717, 1.165) is 12.1 Å². The van der Waals surface area contributed by atoms with Gasteiger partial charge in [0.25, 0.3) is 0 Å². The molecule has 0 saturated carbocycles. The number of ether oxygens (including phenoxy) is 2. The first-order chi connectivity index (χ1) is 16.4. The van der Waals surface area contributed by atoms with Crippen LogP contribution in [-0.2, 0) is 6.54 Å². The number of fused-ring (bicyclic) bond motifs is 3.